The van der Waals surface area contributed by atoms with E-state index in [1.807, 2.05) is 5.32 Å². The summed E-state index contributed by atoms with van der Waals surface area (Å²) >= 11 is 4.09. The summed E-state index contributed by atoms with van der Waals surface area (Å²) in [4.78, 5) is 184. The van der Waals surface area contributed by atoms with Gasteiger partial charge in [0.15, 0.2) is 0 Å². The van der Waals surface area contributed by atoms with E-state index in [4.69, 9.17) is 21.4 Å². The quantitative estimate of drug-likeness (QED) is 0.0299. The number of primary amides is 1. The molecule has 0 radical (unpaired) electrons. The van der Waals surface area contributed by atoms with E-state index in [2.05, 4.69) is 59.8 Å². The first kappa shape index (κ1) is 68.1. The third kappa shape index (κ3) is 24.8. The molecule has 10 amide bonds. The Labute approximate surface area is 451 Å². The number of carbonyl (C=O) groups excluding carboxylic acids is 10. The fourth-order valence-electron chi connectivity index (χ4n) is 7.31. The third-order valence-electron chi connectivity index (χ3n) is 11.1. The Morgan fingerprint density at radius 3 is 1.81 bits per heavy atom. The zero-order valence-corrected chi connectivity index (χ0v) is 44.3. The van der Waals surface area contributed by atoms with Crippen molar-refractivity contribution in [1.82, 2.24) is 57.4 Å². The minimum Gasteiger partial charge on any atom is -0.481 e. The molecule has 9 atom stereocenters. The number of nitrogens with two attached hydrogens (primary N) is 2. The number of likely N-dealkylation sites (tertiary alicyclic amines) is 1. The highest BCUT2D eigenvalue weighted by Crippen LogP contribution is 2.21. The Bertz CT molecular complexity index is 2300. The van der Waals surface area contributed by atoms with Crippen molar-refractivity contribution in [3.63, 3.8) is 0 Å². The lowest BCUT2D eigenvalue weighted by Crippen LogP contribution is -2.61. The van der Waals surface area contributed by atoms with Crippen molar-refractivity contribution < 1.29 is 92.7 Å². The fraction of sp³-hybridized carbons (Fsp3) is 0.622. The van der Waals surface area contributed by atoms with Crippen LogP contribution in [0.4, 0.5) is 0 Å². The van der Waals surface area contributed by atoms with E-state index in [9.17, 15) is 82.8 Å². The van der Waals surface area contributed by atoms with Gasteiger partial charge in [-0.3, -0.25) is 62.3 Å². The van der Waals surface area contributed by atoms with Crippen molar-refractivity contribution in [2.24, 2.45) is 23.3 Å². The smallest absolute Gasteiger partial charge is 0.328 e. The van der Waals surface area contributed by atoms with Crippen LogP contribution >= 0.6 is 12.6 Å². The number of nitrogens with one attached hydrogen (secondary N) is 9. The number of H-pyrrole nitrogens is 1. The summed E-state index contributed by atoms with van der Waals surface area (Å²) in [5, 5.41) is 63.3. The highest BCUT2D eigenvalue weighted by Gasteiger charge is 2.41. The molecule has 18 N–H and O–H groups in total. The number of carboxylic acid groups (broad SMARTS) is 4. The lowest BCUT2D eigenvalue weighted by atomic mass is 10.0. The van der Waals surface area contributed by atoms with E-state index < -0.39 is 188 Å². The summed E-state index contributed by atoms with van der Waals surface area (Å²) < 4.78 is 0. The molecule has 1 aromatic rings. The Morgan fingerprint density at radius 1 is 0.731 bits per heavy atom. The van der Waals surface area contributed by atoms with Gasteiger partial charge in [0.25, 0.3) is 5.97 Å². The second-order valence-corrected chi connectivity index (χ2v) is 18.9. The Morgan fingerprint density at radius 2 is 1.29 bits per heavy atom. The van der Waals surface area contributed by atoms with Crippen LogP contribution in [0, 0.1) is 11.8 Å². The van der Waals surface area contributed by atoms with Crippen molar-refractivity contribution in [3.05, 3.63) is 18.2 Å². The highest BCUT2D eigenvalue weighted by atomic mass is 32.1. The predicted molar refractivity (Wildman–Crippen MR) is 271 cm³/mol. The van der Waals surface area contributed by atoms with Crippen LogP contribution in [0.25, 0.3) is 0 Å². The maximum Gasteiger partial charge on any atom is 0.328 e. The normalized spacial score (nSPS) is 15.9. The van der Waals surface area contributed by atoms with Crippen LogP contribution in [-0.4, -0.2) is 203 Å². The number of aliphatic hydroxyl groups excluding tert-OH is 1. The maximum absolute atomic E-state index is 14.4. The standard InChI is InChI=1S/C43H67N13O17S.C2H4O2/c1-19(2)10-24(50-35(64)22(44)12-30(45)58)36(65)47-15-31(59)49-23(7-8-32(60)61)37(66)52-26(11-21-14-46-18-48-21)42(71)56-9-5-6-29(56)40(69)55-34(20(3)4)41(70)54-28(17-74)39(68)51-25(13-33(62)63)38(67)53-27(16-57)43(72)73;1-2(3)4/h14,18-20,22-29,34,57,74H,5-13,15-17,44H2,1-4H3,(H2,45,58)(H,46,48)(H,47,65)(H,49,59)(H,50,64)(H,51,68)(H,52,66)(H,53,67)(H,54,70)(H,55,69)(H,60,61)(H,62,63)(H,72,73);1H3,(H,3,4)/t22-,23-,24-,25-,26-,27-,28-,29-,34-;/m0./s1. The number of hydrogen-bond acceptors (Lipinski definition) is 18. The first-order chi connectivity index (χ1) is 36.4. The van der Waals surface area contributed by atoms with Crippen molar-refractivity contribution in [1.29, 1.82) is 0 Å². The van der Waals surface area contributed by atoms with E-state index in [0.29, 0.717) is 5.69 Å². The van der Waals surface area contributed by atoms with Crippen LogP contribution in [0.5, 0.6) is 0 Å². The van der Waals surface area contributed by atoms with E-state index in [1.165, 1.54) is 12.5 Å². The molecule has 1 aromatic heterocycles. The summed E-state index contributed by atoms with van der Waals surface area (Å²) in [6.45, 7) is 5.83. The number of nitrogens with zero attached hydrogens (tertiary/aromatic N) is 2. The van der Waals surface area contributed by atoms with Crippen molar-refractivity contribution >= 4 is 95.6 Å². The van der Waals surface area contributed by atoms with Crippen LogP contribution in [0.3, 0.4) is 0 Å². The number of carboxylic acids is 4. The highest BCUT2D eigenvalue weighted by molar-refractivity contribution is 7.80. The molecular formula is C45H71N13O19S. The molecule has 78 heavy (non-hydrogen) atoms. The molecule has 2 rings (SSSR count). The Balaban J connectivity index is 0.00000733. The summed E-state index contributed by atoms with van der Waals surface area (Å²) in [5.41, 5.74) is 11.2. The van der Waals surface area contributed by atoms with Gasteiger partial charge in [0.05, 0.1) is 38.4 Å². The van der Waals surface area contributed by atoms with Crippen LogP contribution in [0.1, 0.15) is 85.3 Å². The second kappa shape index (κ2) is 34.0. The zero-order chi connectivity index (χ0) is 59.6. The van der Waals surface area contributed by atoms with Gasteiger partial charge in [0, 0.05) is 44.0 Å². The molecule has 0 spiro atoms. The molecule has 1 aliphatic rings. The predicted octanol–water partition coefficient (Wildman–Crippen LogP) is -6.21. The molecule has 0 unspecified atom stereocenters. The van der Waals surface area contributed by atoms with Gasteiger partial charge >= 0.3 is 17.9 Å². The second-order valence-electron chi connectivity index (χ2n) is 18.5. The third-order valence-corrected chi connectivity index (χ3v) is 11.5. The summed E-state index contributed by atoms with van der Waals surface area (Å²) in [6, 6.07) is -13.5. The molecule has 0 aliphatic carbocycles. The number of aromatic amines is 1. The maximum atomic E-state index is 14.4. The lowest BCUT2D eigenvalue weighted by Gasteiger charge is -2.31. The zero-order valence-electron chi connectivity index (χ0n) is 43.4. The number of imidazole rings is 1. The number of rotatable bonds is 32. The number of hydrogen-bond donors (Lipinski definition) is 17. The van der Waals surface area contributed by atoms with Crippen LogP contribution in [-0.2, 0) is 73.5 Å². The average molecular weight is 1130 g/mol. The number of aliphatic carboxylic acids is 4. The number of aromatic nitrogens is 2. The summed E-state index contributed by atoms with van der Waals surface area (Å²) in [5.74, 6) is -16.1. The van der Waals surface area contributed by atoms with Gasteiger partial charge in [-0.15, -0.1) is 0 Å². The largest absolute Gasteiger partial charge is 0.481 e. The molecule has 1 aliphatic heterocycles. The van der Waals surface area contributed by atoms with E-state index in [-0.39, 0.29) is 38.1 Å². The molecule has 32 nitrogen and oxygen atoms in total. The monoisotopic (exact) mass is 1130 g/mol. The van der Waals surface area contributed by atoms with Gasteiger partial charge in [-0.1, -0.05) is 27.7 Å². The van der Waals surface area contributed by atoms with Crippen LogP contribution < -0.4 is 54.0 Å². The molecule has 33 heteroatoms. The molecule has 0 aromatic carbocycles. The minimum absolute atomic E-state index is 0.0163. The van der Waals surface area contributed by atoms with Crippen molar-refractivity contribution in [2.75, 3.05) is 25.4 Å². The van der Waals surface area contributed by atoms with E-state index in [1.54, 1.807) is 27.7 Å². The first-order valence-corrected chi connectivity index (χ1v) is 24.8. The average Bonchev–Trinajstić information content (AvgIpc) is 4.06. The topological polar surface area (TPSA) is 520 Å². The fourth-order valence-corrected chi connectivity index (χ4v) is 7.57. The molecule has 1 fully saturated rings. The van der Waals surface area contributed by atoms with Crippen molar-refractivity contribution in [2.45, 2.75) is 140 Å². The van der Waals surface area contributed by atoms with Gasteiger partial charge in [-0.25, -0.2) is 9.78 Å². The summed E-state index contributed by atoms with van der Waals surface area (Å²) in [6.07, 6.45) is 0.169. The Kier molecular flexibility index (Phi) is 29.6. The number of aliphatic hydroxyl groups is 1. The Hall–Kier alpha value is -7.94. The van der Waals surface area contributed by atoms with Gasteiger partial charge in [0.1, 0.15) is 48.3 Å². The number of carbonyl (C=O) groups is 14. The van der Waals surface area contributed by atoms with Gasteiger partial charge in [-0.05, 0) is 37.5 Å². The van der Waals surface area contributed by atoms with Gasteiger partial charge in [-0.2, -0.15) is 12.6 Å². The number of amides is 10. The molecule has 0 saturated carbocycles. The molecule has 436 valence electrons. The number of thiol groups is 1. The van der Waals surface area contributed by atoms with Crippen LogP contribution in [0.15, 0.2) is 12.5 Å². The van der Waals surface area contributed by atoms with Crippen LogP contribution in [0.2, 0.25) is 0 Å². The van der Waals surface area contributed by atoms with E-state index >= 15 is 0 Å². The minimum atomic E-state index is -1.87. The van der Waals surface area contributed by atoms with Gasteiger partial charge < -0.3 is 89.4 Å². The summed E-state index contributed by atoms with van der Waals surface area (Å²) in [7, 11) is 0. The SMILES string of the molecule is CC(=O)O.CC(C)C[C@H](NC(=O)[C@@H](N)CC(N)=O)C(=O)NCC(=O)N[C@@H](CCC(=O)O)C(=O)N[C@@H](Cc1cnc[nH]1)C(=O)N1CCC[C@H]1C(=O)N[C@H](C(=O)N[C@@H](CS)C(=O)N[C@@H](CC(=O)O)C(=O)N[C@@H](CO)C(=O)O)C(C)C. The van der Waals surface area contributed by atoms with E-state index in [0.717, 1.165) is 11.8 Å². The van der Waals surface area contributed by atoms with Crippen molar-refractivity contribution in [3.8, 4) is 0 Å². The molecular weight excluding hydrogens is 1060 g/mol. The first-order valence-electron chi connectivity index (χ1n) is 24.2. The molecule has 1 saturated heterocycles. The lowest BCUT2D eigenvalue weighted by molar-refractivity contribution is -0.144. The molecule has 0 bridgehead atoms. The molecule has 2 heterocycles. The van der Waals surface area contributed by atoms with Gasteiger partial charge in [0.2, 0.25) is 59.1 Å².